The Morgan fingerprint density at radius 1 is 1.15 bits per heavy atom. The van der Waals surface area contributed by atoms with Crippen LogP contribution >= 0.6 is 0 Å². The van der Waals surface area contributed by atoms with E-state index in [4.69, 9.17) is 15.2 Å². The highest BCUT2D eigenvalue weighted by molar-refractivity contribution is 5.96. The molecule has 0 atom stereocenters. The fourth-order valence-electron chi connectivity index (χ4n) is 2.73. The van der Waals surface area contributed by atoms with Crippen LogP contribution in [0, 0.1) is 18.3 Å². The number of nitrogens with two attached hydrogens (primary N) is 1. The van der Waals surface area contributed by atoms with Crippen molar-refractivity contribution in [2.75, 3.05) is 12.8 Å². The van der Waals surface area contributed by atoms with Crippen LogP contribution in [0.3, 0.4) is 0 Å². The number of nitriles is 1. The minimum Gasteiger partial charge on any atom is -0.464 e. The van der Waals surface area contributed by atoms with Gasteiger partial charge in [0.2, 0.25) is 0 Å². The molecule has 0 unspecified atom stereocenters. The zero-order chi connectivity index (χ0) is 18.7. The van der Waals surface area contributed by atoms with E-state index in [1.54, 1.807) is 10.6 Å². The maximum Gasteiger partial charge on any atom is 0.357 e. The summed E-state index contributed by atoms with van der Waals surface area (Å²) in [7, 11) is 1.27. The topological polar surface area (TPSA) is 90.3 Å². The molecule has 130 valence electrons. The van der Waals surface area contributed by atoms with E-state index < -0.39 is 5.97 Å². The summed E-state index contributed by atoms with van der Waals surface area (Å²) in [6.07, 6.45) is 1.52. The van der Waals surface area contributed by atoms with Crippen molar-refractivity contribution in [2.24, 2.45) is 0 Å². The van der Waals surface area contributed by atoms with E-state index in [-0.39, 0.29) is 16.9 Å². The number of ether oxygens (including phenoxy) is 2. The van der Waals surface area contributed by atoms with Crippen LogP contribution in [-0.2, 0) is 4.74 Å². The van der Waals surface area contributed by atoms with Crippen molar-refractivity contribution in [3.8, 4) is 23.3 Å². The van der Waals surface area contributed by atoms with Crippen LogP contribution in [0.2, 0.25) is 0 Å². The highest BCUT2D eigenvalue weighted by atomic mass is 16.5. The number of hydrogen-bond donors (Lipinski definition) is 1. The number of carbonyl (C=O) groups excluding carboxylic acids is 1. The Morgan fingerprint density at radius 3 is 2.54 bits per heavy atom. The van der Waals surface area contributed by atoms with E-state index in [0.29, 0.717) is 17.2 Å². The average Bonchev–Trinajstić information content (AvgIpc) is 2.98. The van der Waals surface area contributed by atoms with Gasteiger partial charge in [-0.15, -0.1) is 0 Å². The number of esters is 1. The van der Waals surface area contributed by atoms with Crippen molar-refractivity contribution in [3.63, 3.8) is 0 Å². The number of aryl methyl sites for hydroxylation is 1. The van der Waals surface area contributed by atoms with E-state index in [1.165, 1.54) is 13.3 Å². The molecule has 0 spiro atoms. The molecule has 2 aromatic carbocycles. The first kappa shape index (κ1) is 17.1. The summed E-state index contributed by atoms with van der Waals surface area (Å²) in [5, 5.41) is 9.30. The normalized spacial score (nSPS) is 10.2. The van der Waals surface area contributed by atoms with Gasteiger partial charge in [0, 0.05) is 6.20 Å². The summed E-state index contributed by atoms with van der Waals surface area (Å²) in [6, 6.07) is 16.8. The predicted molar refractivity (Wildman–Crippen MR) is 97.5 cm³/mol. The third-order valence-corrected chi connectivity index (χ3v) is 3.96. The second kappa shape index (κ2) is 7.03. The summed E-state index contributed by atoms with van der Waals surface area (Å²) in [6.45, 7) is 1.89. The Morgan fingerprint density at radius 2 is 1.88 bits per heavy atom. The third-order valence-electron chi connectivity index (χ3n) is 3.96. The SMILES string of the molecule is COC(=O)c1c(N)c(C#N)cn1-c1c(C)cccc1Oc1ccccc1. The molecule has 6 heteroatoms. The molecule has 26 heavy (non-hydrogen) atoms. The monoisotopic (exact) mass is 347 g/mol. The molecule has 6 nitrogen and oxygen atoms in total. The molecule has 3 aromatic rings. The number of anilines is 1. The van der Waals surface area contributed by atoms with Crippen LogP contribution in [0.5, 0.6) is 11.5 Å². The Hall–Kier alpha value is -3.72. The molecule has 0 aliphatic rings. The van der Waals surface area contributed by atoms with Gasteiger partial charge >= 0.3 is 5.97 Å². The predicted octanol–water partition coefficient (Wildman–Crippen LogP) is 3.82. The van der Waals surface area contributed by atoms with Gasteiger partial charge in [0.15, 0.2) is 11.4 Å². The summed E-state index contributed by atoms with van der Waals surface area (Å²) in [5.74, 6) is 0.554. The van der Waals surface area contributed by atoms with Crippen molar-refractivity contribution in [2.45, 2.75) is 6.92 Å². The molecule has 2 N–H and O–H groups in total. The Labute approximate surface area is 151 Å². The zero-order valence-corrected chi connectivity index (χ0v) is 14.4. The minimum absolute atomic E-state index is 0.0771. The van der Waals surface area contributed by atoms with Crippen LogP contribution in [0.15, 0.2) is 54.7 Å². The average molecular weight is 347 g/mol. The summed E-state index contributed by atoms with van der Waals surface area (Å²) < 4.78 is 12.4. The largest absolute Gasteiger partial charge is 0.464 e. The van der Waals surface area contributed by atoms with Crippen LogP contribution in [-0.4, -0.2) is 17.6 Å². The first-order chi connectivity index (χ1) is 12.6. The number of nitrogen functional groups attached to an aromatic ring is 1. The fourth-order valence-corrected chi connectivity index (χ4v) is 2.73. The molecule has 0 radical (unpaired) electrons. The standard InChI is InChI=1S/C20H17N3O3/c1-13-7-6-10-16(26-15-8-4-3-5-9-15)18(13)23-12-14(11-21)17(22)19(23)20(24)25-2/h3-10,12H,22H2,1-2H3. The number of nitrogens with zero attached hydrogens (tertiary/aromatic N) is 2. The van der Waals surface area contributed by atoms with Gasteiger partial charge in [-0.05, 0) is 30.7 Å². The van der Waals surface area contributed by atoms with Crippen LogP contribution in [0.25, 0.3) is 5.69 Å². The second-order valence-electron chi connectivity index (χ2n) is 5.62. The van der Waals surface area contributed by atoms with Gasteiger partial charge in [-0.3, -0.25) is 0 Å². The van der Waals surface area contributed by atoms with E-state index in [9.17, 15) is 10.1 Å². The number of hydrogen-bond acceptors (Lipinski definition) is 5. The molecule has 0 aliphatic carbocycles. The van der Waals surface area contributed by atoms with Gasteiger partial charge in [-0.1, -0.05) is 30.3 Å². The lowest BCUT2D eigenvalue weighted by Crippen LogP contribution is -2.12. The van der Waals surface area contributed by atoms with Crippen LogP contribution < -0.4 is 10.5 Å². The van der Waals surface area contributed by atoms with E-state index >= 15 is 0 Å². The van der Waals surface area contributed by atoms with Gasteiger partial charge in [0.25, 0.3) is 0 Å². The van der Waals surface area contributed by atoms with Gasteiger partial charge in [0.1, 0.15) is 11.8 Å². The molecule has 1 heterocycles. The van der Waals surface area contributed by atoms with Gasteiger partial charge in [-0.25, -0.2) is 4.79 Å². The lowest BCUT2D eigenvalue weighted by atomic mass is 10.1. The van der Waals surface area contributed by atoms with Crippen molar-refractivity contribution >= 4 is 11.7 Å². The van der Waals surface area contributed by atoms with Crippen molar-refractivity contribution in [1.29, 1.82) is 5.26 Å². The van der Waals surface area contributed by atoms with E-state index in [1.807, 2.05) is 55.5 Å². The quantitative estimate of drug-likeness (QED) is 0.725. The molecular weight excluding hydrogens is 330 g/mol. The second-order valence-corrected chi connectivity index (χ2v) is 5.62. The summed E-state index contributed by atoms with van der Waals surface area (Å²) >= 11 is 0. The molecule has 3 rings (SSSR count). The maximum atomic E-state index is 12.3. The van der Waals surface area contributed by atoms with E-state index in [2.05, 4.69) is 0 Å². The minimum atomic E-state index is -0.627. The number of rotatable bonds is 4. The Kier molecular flexibility index (Phi) is 4.63. The van der Waals surface area contributed by atoms with Crippen molar-refractivity contribution in [1.82, 2.24) is 4.57 Å². The first-order valence-electron chi connectivity index (χ1n) is 7.89. The Balaban J connectivity index is 2.22. The molecular formula is C20H17N3O3. The van der Waals surface area contributed by atoms with Crippen LogP contribution in [0.4, 0.5) is 5.69 Å². The number of aromatic nitrogens is 1. The molecule has 0 bridgehead atoms. The third kappa shape index (κ3) is 2.98. The molecule has 0 fully saturated rings. The lowest BCUT2D eigenvalue weighted by Gasteiger charge is -2.16. The van der Waals surface area contributed by atoms with Crippen molar-refractivity contribution < 1.29 is 14.3 Å². The fraction of sp³-hybridized carbons (Fsp3) is 0.100. The van der Waals surface area contributed by atoms with Gasteiger partial charge in [-0.2, -0.15) is 5.26 Å². The van der Waals surface area contributed by atoms with Gasteiger partial charge in [0.05, 0.1) is 24.0 Å². The summed E-state index contributed by atoms with van der Waals surface area (Å²) in [5.41, 5.74) is 7.83. The summed E-state index contributed by atoms with van der Waals surface area (Å²) in [4.78, 5) is 12.3. The maximum absolute atomic E-state index is 12.3. The van der Waals surface area contributed by atoms with Crippen molar-refractivity contribution in [3.05, 3.63) is 71.5 Å². The highest BCUT2D eigenvalue weighted by Crippen LogP contribution is 2.34. The number of carbonyl (C=O) groups is 1. The molecule has 0 amide bonds. The van der Waals surface area contributed by atoms with Crippen LogP contribution in [0.1, 0.15) is 21.6 Å². The highest BCUT2D eigenvalue weighted by Gasteiger charge is 2.24. The number of benzene rings is 2. The molecule has 0 saturated carbocycles. The zero-order valence-electron chi connectivity index (χ0n) is 14.4. The van der Waals surface area contributed by atoms with E-state index in [0.717, 1.165) is 5.56 Å². The smallest absolute Gasteiger partial charge is 0.357 e. The first-order valence-corrected chi connectivity index (χ1v) is 7.89. The Bertz CT molecular complexity index is 1000. The molecule has 0 aliphatic heterocycles. The number of para-hydroxylation sites is 2. The van der Waals surface area contributed by atoms with Gasteiger partial charge < -0.3 is 19.8 Å². The molecule has 0 saturated heterocycles. The molecule has 1 aromatic heterocycles. The lowest BCUT2D eigenvalue weighted by molar-refractivity contribution is 0.0593. The number of methoxy groups -OCH3 is 1.